The normalized spacial score (nSPS) is 19.4. The van der Waals surface area contributed by atoms with Crippen LogP contribution in [0.1, 0.15) is 21.5 Å². The Bertz CT molecular complexity index is 1210. The predicted molar refractivity (Wildman–Crippen MR) is 125 cm³/mol. The van der Waals surface area contributed by atoms with Gasteiger partial charge < -0.3 is 15.0 Å². The number of piperazine rings is 2. The molecule has 180 valence electrons. The van der Waals surface area contributed by atoms with E-state index in [2.05, 4.69) is 22.3 Å². The maximum Gasteiger partial charge on any atom is 0.253 e. The van der Waals surface area contributed by atoms with Crippen molar-refractivity contribution in [3.05, 3.63) is 59.2 Å². The third kappa shape index (κ3) is 4.66. The molecule has 10 heteroatoms. The highest BCUT2D eigenvalue weighted by Gasteiger charge is 2.30. The highest BCUT2D eigenvalue weighted by atomic mass is 32.2. The monoisotopic (exact) mass is 484 g/mol. The molecule has 34 heavy (non-hydrogen) atoms. The van der Waals surface area contributed by atoms with Crippen LogP contribution in [-0.4, -0.2) is 86.8 Å². The minimum absolute atomic E-state index is 0.0345. The lowest BCUT2D eigenvalue weighted by atomic mass is 10.1. The molecule has 2 fully saturated rings. The van der Waals surface area contributed by atoms with Crippen LogP contribution in [0.15, 0.2) is 47.4 Å². The number of nitrogens with one attached hydrogen (secondary N) is 1. The molecule has 0 bridgehead atoms. The molecule has 3 heterocycles. The van der Waals surface area contributed by atoms with E-state index in [4.69, 9.17) is 4.74 Å². The van der Waals surface area contributed by atoms with Crippen LogP contribution >= 0.6 is 0 Å². The molecule has 0 saturated carbocycles. The number of nitrogens with zero attached hydrogens (tertiary/aromatic N) is 3. The van der Waals surface area contributed by atoms with E-state index < -0.39 is 10.0 Å². The van der Waals surface area contributed by atoms with Crippen LogP contribution in [0.25, 0.3) is 0 Å². The van der Waals surface area contributed by atoms with E-state index in [1.165, 1.54) is 23.3 Å². The number of amides is 2. The lowest BCUT2D eigenvalue weighted by Gasteiger charge is -2.35. The number of ether oxygens (including phenoxy) is 1. The lowest BCUT2D eigenvalue weighted by molar-refractivity contribution is -0.122. The third-order valence-electron chi connectivity index (χ3n) is 6.54. The van der Waals surface area contributed by atoms with Crippen molar-refractivity contribution in [1.82, 2.24) is 19.4 Å². The Morgan fingerprint density at radius 1 is 1.03 bits per heavy atom. The summed E-state index contributed by atoms with van der Waals surface area (Å²) in [4.78, 5) is 28.9. The molecule has 0 aliphatic carbocycles. The first-order chi connectivity index (χ1) is 16.4. The summed E-state index contributed by atoms with van der Waals surface area (Å²) in [6.07, 6.45) is 0.950. The van der Waals surface area contributed by atoms with E-state index in [1.54, 1.807) is 17.0 Å². The van der Waals surface area contributed by atoms with Gasteiger partial charge in [-0.15, -0.1) is 0 Å². The molecule has 0 radical (unpaired) electrons. The number of sulfonamides is 1. The Morgan fingerprint density at radius 3 is 2.65 bits per heavy atom. The lowest BCUT2D eigenvalue weighted by Crippen LogP contribution is -2.50. The number of carbonyl (C=O) groups excluding carboxylic acids is 2. The van der Waals surface area contributed by atoms with Crippen LogP contribution in [0.4, 0.5) is 0 Å². The van der Waals surface area contributed by atoms with Gasteiger partial charge >= 0.3 is 0 Å². The minimum Gasteiger partial charge on any atom is -0.493 e. The highest BCUT2D eigenvalue weighted by molar-refractivity contribution is 7.89. The number of carbonyl (C=O) groups is 2. The number of hydrogen-bond donors (Lipinski definition) is 1. The quantitative estimate of drug-likeness (QED) is 0.671. The Labute approximate surface area is 199 Å². The van der Waals surface area contributed by atoms with Gasteiger partial charge in [0.25, 0.3) is 5.91 Å². The zero-order valence-electron chi connectivity index (χ0n) is 18.9. The van der Waals surface area contributed by atoms with Gasteiger partial charge in [0, 0.05) is 57.8 Å². The van der Waals surface area contributed by atoms with Gasteiger partial charge in [0.15, 0.2) is 0 Å². The Morgan fingerprint density at radius 2 is 1.85 bits per heavy atom. The van der Waals surface area contributed by atoms with Gasteiger partial charge in [-0.3, -0.25) is 14.5 Å². The third-order valence-corrected chi connectivity index (χ3v) is 8.38. The second-order valence-electron chi connectivity index (χ2n) is 8.83. The van der Waals surface area contributed by atoms with Crippen LogP contribution in [0.2, 0.25) is 0 Å². The first-order valence-electron chi connectivity index (χ1n) is 11.5. The largest absolute Gasteiger partial charge is 0.493 e. The molecule has 2 saturated heterocycles. The van der Waals surface area contributed by atoms with E-state index in [0.717, 1.165) is 42.7 Å². The fourth-order valence-electron chi connectivity index (χ4n) is 4.65. The Balaban J connectivity index is 1.21. The number of benzene rings is 2. The van der Waals surface area contributed by atoms with Crippen LogP contribution in [0, 0.1) is 0 Å². The molecule has 3 aliphatic heterocycles. The van der Waals surface area contributed by atoms with E-state index in [9.17, 15) is 18.0 Å². The molecule has 0 aromatic heterocycles. The average molecular weight is 485 g/mol. The summed E-state index contributed by atoms with van der Waals surface area (Å²) in [5.74, 6) is 0.475. The van der Waals surface area contributed by atoms with Gasteiger partial charge in [-0.05, 0) is 35.4 Å². The van der Waals surface area contributed by atoms with Gasteiger partial charge in [0.05, 0.1) is 18.0 Å². The molecule has 3 aliphatic rings. The summed E-state index contributed by atoms with van der Waals surface area (Å²) >= 11 is 0. The van der Waals surface area contributed by atoms with Crippen molar-refractivity contribution in [1.29, 1.82) is 0 Å². The maximum absolute atomic E-state index is 13.1. The number of fused-ring (bicyclic) bond motifs is 1. The Kier molecular flexibility index (Phi) is 6.28. The summed E-state index contributed by atoms with van der Waals surface area (Å²) in [6, 6.07) is 12.5. The van der Waals surface area contributed by atoms with Crippen molar-refractivity contribution in [3.8, 4) is 5.75 Å². The zero-order valence-corrected chi connectivity index (χ0v) is 19.7. The fourth-order valence-corrected chi connectivity index (χ4v) is 6.09. The second kappa shape index (κ2) is 9.36. The molecule has 9 nitrogen and oxygen atoms in total. The number of hydrogen-bond acceptors (Lipinski definition) is 6. The van der Waals surface area contributed by atoms with Gasteiger partial charge in [0.1, 0.15) is 5.75 Å². The first-order valence-corrected chi connectivity index (χ1v) is 13.0. The van der Waals surface area contributed by atoms with Crippen molar-refractivity contribution in [2.45, 2.75) is 17.9 Å². The molecule has 2 amide bonds. The van der Waals surface area contributed by atoms with E-state index in [-0.39, 0.29) is 36.3 Å². The van der Waals surface area contributed by atoms with Crippen molar-refractivity contribution < 1.29 is 22.7 Å². The van der Waals surface area contributed by atoms with Gasteiger partial charge in [-0.2, -0.15) is 4.31 Å². The summed E-state index contributed by atoms with van der Waals surface area (Å²) in [6.45, 7) is 4.51. The first kappa shape index (κ1) is 22.8. The average Bonchev–Trinajstić information content (AvgIpc) is 3.32. The van der Waals surface area contributed by atoms with Crippen LogP contribution < -0.4 is 10.1 Å². The number of rotatable bonds is 5. The summed E-state index contributed by atoms with van der Waals surface area (Å²) in [7, 11) is -3.84. The highest BCUT2D eigenvalue weighted by Crippen LogP contribution is 2.26. The molecular formula is C24H28N4O5S. The summed E-state index contributed by atoms with van der Waals surface area (Å²) in [5.41, 5.74) is 2.84. The maximum atomic E-state index is 13.1. The van der Waals surface area contributed by atoms with Gasteiger partial charge in [-0.25, -0.2) is 8.42 Å². The molecule has 1 N–H and O–H groups in total. The van der Waals surface area contributed by atoms with Crippen molar-refractivity contribution in [2.24, 2.45) is 0 Å². The zero-order chi connectivity index (χ0) is 23.7. The minimum atomic E-state index is -3.84. The fraction of sp³-hybridized carbons (Fsp3) is 0.417. The SMILES string of the molecule is O=C1CN(S(=O)(=O)c2cccc(C(=O)N3CCN(Cc4ccc5c(c4)CCO5)CC3)c2)CCN1. The molecule has 2 aromatic rings. The Hall–Kier alpha value is -2.95. The van der Waals surface area contributed by atoms with Crippen LogP contribution in [-0.2, 0) is 27.8 Å². The smallest absolute Gasteiger partial charge is 0.253 e. The standard InChI is InChI=1S/C24H28N4O5S/c29-23-17-28(8-7-25-23)34(31,32)21-3-1-2-20(15-21)24(30)27-11-9-26(10-12-27)16-18-4-5-22-19(14-18)6-13-33-22/h1-5,14-15H,6-13,16-17H2,(H,25,29). The van der Waals surface area contributed by atoms with E-state index >= 15 is 0 Å². The van der Waals surface area contributed by atoms with Gasteiger partial charge in [0.2, 0.25) is 15.9 Å². The van der Waals surface area contributed by atoms with Crippen LogP contribution in [0.5, 0.6) is 5.75 Å². The van der Waals surface area contributed by atoms with Crippen LogP contribution in [0.3, 0.4) is 0 Å². The molecule has 2 aromatic carbocycles. The topological polar surface area (TPSA) is 99.3 Å². The van der Waals surface area contributed by atoms with E-state index in [0.29, 0.717) is 18.7 Å². The predicted octanol–water partition coefficient (Wildman–Crippen LogP) is 0.700. The van der Waals surface area contributed by atoms with Gasteiger partial charge in [-0.1, -0.05) is 18.2 Å². The summed E-state index contributed by atoms with van der Waals surface area (Å²) < 4.78 is 32.7. The van der Waals surface area contributed by atoms with Crippen molar-refractivity contribution in [2.75, 3.05) is 52.4 Å². The molecule has 0 unspecified atom stereocenters. The molecule has 0 spiro atoms. The second-order valence-corrected chi connectivity index (χ2v) is 10.8. The molecule has 5 rings (SSSR count). The van der Waals surface area contributed by atoms with Crippen molar-refractivity contribution in [3.63, 3.8) is 0 Å². The van der Waals surface area contributed by atoms with E-state index in [1.807, 2.05) is 6.07 Å². The molecule has 0 atom stereocenters. The van der Waals surface area contributed by atoms with Crippen molar-refractivity contribution >= 4 is 21.8 Å². The molecular weight excluding hydrogens is 456 g/mol. The summed E-state index contributed by atoms with van der Waals surface area (Å²) in [5, 5.41) is 2.62.